The SMILES string of the molecule is O=C1NC(=S)NC1CNC(=O)C(Cc1ccc(C(F)(F)F)cc1)C1CC1. The molecule has 9 heteroatoms. The molecule has 3 N–H and O–H groups in total. The smallest absolute Gasteiger partial charge is 0.353 e. The molecule has 2 atom stereocenters. The van der Waals surface area contributed by atoms with Gasteiger partial charge in [-0.3, -0.25) is 9.59 Å². The molecule has 3 rings (SSSR count). The minimum atomic E-state index is -4.37. The van der Waals surface area contributed by atoms with Crippen molar-refractivity contribution in [1.29, 1.82) is 0 Å². The van der Waals surface area contributed by atoms with Gasteiger partial charge in [-0.1, -0.05) is 12.1 Å². The van der Waals surface area contributed by atoms with E-state index >= 15 is 0 Å². The molecule has 140 valence electrons. The zero-order chi connectivity index (χ0) is 18.9. The van der Waals surface area contributed by atoms with Gasteiger partial charge in [0.25, 0.3) is 5.91 Å². The molecule has 1 aliphatic carbocycles. The molecule has 26 heavy (non-hydrogen) atoms. The number of amides is 2. The number of carbonyl (C=O) groups is 2. The molecule has 1 saturated heterocycles. The summed E-state index contributed by atoms with van der Waals surface area (Å²) in [5.74, 6) is -0.576. The maximum Gasteiger partial charge on any atom is 0.416 e. The van der Waals surface area contributed by atoms with Gasteiger partial charge < -0.3 is 16.0 Å². The number of hydrogen-bond acceptors (Lipinski definition) is 3. The fraction of sp³-hybridized carbons (Fsp3) is 0.471. The van der Waals surface area contributed by atoms with Crippen molar-refractivity contribution in [2.45, 2.75) is 31.5 Å². The van der Waals surface area contributed by atoms with E-state index in [1.807, 2.05) is 0 Å². The largest absolute Gasteiger partial charge is 0.416 e. The third-order valence-electron chi connectivity index (χ3n) is 4.60. The maximum atomic E-state index is 12.6. The van der Waals surface area contributed by atoms with Crippen LogP contribution in [-0.2, 0) is 22.2 Å². The van der Waals surface area contributed by atoms with Gasteiger partial charge in [0.1, 0.15) is 6.04 Å². The van der Waals surface area contributed by atoms with Crippen LogP contribution < -0.4 is 16.0 Å². The summed E-state index contributed by atoms with van der Waals surface area (Å²) in [6.45, 7) is 0.112. The van der Waals surface area contributed by atoms with Crippen molar-refractivity contribution in [2.75, 3.05) is 6.54 Å². The number of thiocarbonyl (C=S) groups is 1. The molecule has 1 aliphatic heterocycles. The van der Waals surface area contributed by atoms with E-state index in [1.54, 1.807) is 0 Å². The minimum absolute atomic E-state index is 0.112. The van der Waals surface area contributed by atoms with E-state index < -0.39 is 17.8 Å². The van der Waals surface area contributed by atoms with Crippen LogP contribution in [0.25, 0.3) is 0 Å². The molecule has 2 fully saturated rings. The van der Waals surface area contributed by atoms with Crippen LogP contribution in [0.4, 0.5) is 13.2 Å². The molecule has 5 nitrogen and oxygen atoms in total. The standard InChI is InChI=1S/C17H18F3N3O2S/c18-17(19,20)11-5-1-9(2-6-11)7-12(10-3-4-10)14(24)21-8-13-15(25)23-16(26)22-13/h1-2,5-6,10,12-13H,3-4,7-8H2,(H,21,24)(H2,22,23,25,26). The Morgan fingerprint density at radius 2 is 1.92 bits per heavy atom. The van der Waals surface area contributed by atoms with Crippen LogP contribution in [0.5, 0.6) is 0 Å². The van der Waals surface area contributed by atoms with Gasteiger partial charge >= 0.3 is 6.18 Å². The summed E-state index contributed by atoms with van der Waals surface area (Å²) in [7, 11) is 0. The van der Waals surface area contributed by atoms with Crippen molar-refractivity contribution < 1.29 is 22.8 Å². The number of benzene rings is 1. The highest BCUT2D eigenvalue weighted by Crippen LogP contribution is 2.39. The van der Waals surface area contributed by atoms with Gasteiger partial charge in [0.15, 0.2) is 5.11 Å². The second-order valence-corrected chi connectivity index (χ2v) is 7.01. The van der Waals surface area contributed by atoms with Crippen LogP contribution >= 0.6 is 12.2 Å². The highest BCUT2D eigenvalue weighted by atomic mass is 32.1. The van der Waals surface area contributed by atoms with Crippen LogP contribution in [0.15, 0.2) is 24.3 Å². The number of carbonyl (C=O) groups excluding carboxylic acids is 2. The molecule has 0 radical (unpaired) electrons. The molecule has 1 heterocycles. The predicted octanol–water partition coefficient (Wildman–Crippen LogP) is 1.76. The molecular weight excluding hydrogens is 367 g/mol. The fourth-order valence-electron chi connectivity index (χ4n) is 2.99. The summed E-state index contributed by atoms with van der Waals surface area (Å²) in [4.78, 5) is 24.1. The van der Waals surface area contributed by atoms with Crippen molar-refractivity contribution in [2.24, 2.45) is 11.8 Å². The van der Waals surface area contributed by atoms with Crippen molar-refractivity contribution in [3.63, 3.8) is 0 Å². The van der Waals surface area contributed by atoms with Gasteiger partial charge in [0.2, 0.25) is 5.91 Å². The first-order chi connectivity index (χ1) is 12.2. The van der Waals surface area contributed by atoms with Gasteiger partial charge in [-0.15, -0.1) is 0 Å². The number of hydrogen-bond donors (Lipinski definition) is 3. The quantitative estimate of drug-likeness (QED) is 0.653. The third-order valence-corrected chi connectivity index (χ3v) is 4.82. The zero-order valence-electron chi connectivity index (χ0n) is 13.7. The Kier molecular flexibility index (Phi) is 5.17. The Labute approximate surface area is 153 Å². The predicted molar refractivity (Wildman–Crippen MR) is 92.0 cm³/mol. The Bertz CT molecular complexity index is 717. The Hall–Kier alpha value is -2.16. The van der Waals surface area contributed by atoms with E-state index in [1.165, 1.54) is 12.1 Å². The van der Waals surface area contributed by atoms with Gasteiger partial charge in [-0.25, -0.2) is 0 Å². The summed E-state index contributed by atoms with van der Waals surface area (Å²) in [5, 5.41) is 8.20. The highest BCUT2D eigenvalue weighted by Gasteiger charge is 2.37. The number of nitrogens with one attached hydrogen (secondary N) is 3. The Balaban J connectivity index is 1.59. The molecule has 0 spiro atoms. The molecule has 2 unspecified atom stereocenters. The van der Waals surface area contributed by atoms with Crippen molar-refractivity contribution in [3.05, 3.63) is 35.4 Å². The molecular formula is C17H18F3N3O2S. The van der Waals surface area contributed by atoms with Crippen LogP contribution in [0.2, 0.25) is 0 Å². The summed E-state index contributed by atoms with van der Waals surface area (Å²) in [6, 6.07) is 4.29. The van der Waals surface area contributed by atoms with Crippen molar-refractivity contribution in [1.82, 2.24) is 16.0 Å². The summed E-state index contributed by atoms with van der Waals surface area (Å²) in [6.07, 6.45) is -2.16. The van der Waals surface area contributed by atoms with Gasteiger partial charge in [-0.2, -0.15) is 13.2 Å². The first-order valence-electron chi connectivity index (χ1n) is 8.29. The maximum absolute atomic E-state index is 12.6. The van der Waals surface area contributed by atoms with Crippen LogP contribution in [0.1, 0.15) is 24.0 Å². The zero-order valence-corrected chi connectivity index (χ0v) is 14.5. The Morgan fingerprint density at radius 1 is 1.27 bits per heavy atom. The van der Waals surface area contributed by atoms with E-state index in [0.717, 1.165) is 25.0 Å². The summed E-state index contributed by atoms with van der Waals surface area (Å²) >= 11 is 4.84. The normalized spacial score (nSPS) is 21.1. The molecule has 2 aliphatic rings. The van der Waals surface area contributed by atoms with Crippen LogP contribution in [0.3, 0.4) is 0 Å². The lowest BCUT2D eigenvalue weighted by Gasteiger charge is -2.18. The third kappa shape index (κ3) is 4.51. The molecule has 0 bridgehead atoms. The second kappa shape index (κ2) is 7.22. The van der Waals surface area contributed by atoms with E-state index in [2.05, 4.69) is 16.0 Å². The number of halogens is 3. The minimum Gasteiger partial charge on any atom is -0.353 e. The average molecular weight is 385 g/mol. The van der Waals surface area contributed by atoms with Crippen LogP contribution in [0, 0.1) is 11.8 Å². The fourth-order valence-corrected chi connectivity index (χ4v) is 3.23. The lowest BCUT2D eigenvalue weighted by atomic mass is 9.93. The van der Waals surface area contributed by atoms with Gasteiger partial charge in [0, 0.05) is 12.5 Å². The monoisotopic (exact) mass is 385 g/mol. The highest BCUT2D eigenvalue weighted by molar-refractivity contribution is 7.80. The van der Waals surface area contributed by atoms with Gasteiger partial charge in [0.05, 0.1) is 5.56 Å². The molecule has 1 aromatic rings. The van der Waals surface area contributed by atoms with E-state index in [0.29, 0.717) is 12.0 Å². The first kappa shape index (κ1) is 18.6. The first-order valence-corrected chi connectivity index (χ1v) is 8.70. The van der Waals surface area contributed by atoms with E-state index in [4.69, 9.17) is 12.2 Å². The molecule has 2 amide bonds. The lowest BCUT2D eigenvalue weighted by molar-refractivity contribution is -0.137. The summed E-state index contributed by atoms with van der Waals surface area (Å²) < 4.78 is 37.9. The number of rotatable bonds is 6. The van der Waals surface area contributed by atoms with E-state index in [9.17, 15) is 22.8 Å². The molecule has 1 aromatic carbocycles. The molecule has 1 saturated carbocycles. The summed E-state index contributed by atoms with van der Waals surface area (Å²) in [5.41, 5.74) is -0.0223. The van der Waals surface area contributed by atoms with Crippen LogP contribution in [-0.4, -0.2) is 29.5 Å². The number of alkyl halides is 3. The Morgan fingerprint density at radius 3 is 2.42 bits per heavy atom. The van der Waals surface area contributed by atoms with Crippen molar-refractivity contribution in [3.8, 4) is 0 Å². The lowest BCUT2D eigenvalue weighted by Crippen LogP contribution is -2.44. The van der Waals surface area contributed by atoms with Crippen molar-refractivity contribution >= 4 is 29.1 Å². The topological polar surface area (TPSA) is 70.2 Å². The average Bonchev–Trinajstić information content (AvgIpc) is 3.35. The van der Waals surface area contributed by atoms with Gasteiger partial charge in [-0.05, 0) is 55.1 Å². The second-order valence-electron chi connectivity index (χ2n) is 6.60. The van der Waals surface area contributed by atoms with E-state index in [-0.39, 0.29) is 35.3 Å². The molecule has 0 aromatic heterocycles.